The smallest absolute Gasteiger partial charge is 0.222 e. The summed E-state index contributed by atoms with van der Waals surface area (Å²) in [5.41, 5.74) is 1.01. The van der Waals surface area contributed by atoms with Gasteiger partial charge in [-0.3, -0.25) is 4.79 Å². The summed E-state index contributed by atoms with van der Waals surface area (Å²) in [4.78, 5) is 16.7. The molecule has 0 aliphatic carbocycles. The van der Waals surface area contributed by atoms with Crippen molar-refractivity contribution in [3.05, 3.63) is 18.3 Å². The van der Waals surface area contributed by atoms with E-state index in [2.05, 4.69) is 10.3 Å². The number of hydrogen-bond donors (Lipinski definition) is 1. The molecule has 0 aliphatic heterocycles. The first-order chi connectivity index (χ1) is 6.09. The summed E-state index contributed by atoms with van der Waals surface area (Å²) in [6, 6.07) is 3.68. The molecule has 0 aromatic carbocycles. The quantitative estimate of drug-likeness (QED) is 0.739. The Balaban J connectivity index is 2.75. The Morgan fingerprint density at radius 2 is 2.15 bits per heavy atom. The highest BCUT2D eigenvalue weighted by molar-refractivity contribution is 5.87. The molecule has 70 valence electrons. The number of carbonyl (C=O) groups excluding carboxylic acids is 1. The summed E-state index contributed by atoms with van der Waals surface area (Å²) in [6.45, 7) is 1.46. The van der Waals surface area contributed by atoms with Crippen molar-refractivity contribution in [3.63, 3.8) is 0 Å². The van der Waals surface area contributed by atoms with Gasteiger partial charge in [-0.25, -0.2) is 4.98 Å². The molecule has 0 fully saturated rings. The van der Waals surface area contributed by atoms with Gasteiger partial charge >= 0.3 is 0 Å². The van der Waals surface area contributed by atoms with E-state index >= 15 is 0 Å². The summed E-state index contributed by atoms with van der Waals surface area (Å²) in [6.07, 6.45) is 1.71. The van der Waals surface area contributed by atoms with Crippen LogP contribution in [0.1, 0.15) is 6.92 Å². The standard InChI is InChI=1S/C9H13N3O/c1-7(13)11-9-5-4-8(6-10-9)12(2)3/h4-6H,1-3H3,(H,10,11,13). The van der Waals surface area contributed by atoms with Gasteiger partial charge in [0.2, 0.25) is 5.91 Å². The third kappa shape index (κ3) is 2.74. The Morgan fingerprint density at radius 1 is 1.46 bits per heavy atom. The lowest BCUT2D eigenvalue weighted by Gasteiger charge is -2.11. The molecule has 0 atom stereocenters. The molecule has 1 heterocycles. The van der Waals surface area contributed by atoms with Crippen LogP contribution in [0.2, 0.25) is 0 Å². The fourth-order valence-corrected chi connectivity index (χ4v) is 0.905. The molecule has 0 saturated carbocycles. The molecule has 1 N–H and O–H groups in total. The first-order valence-corrected chi connectivity index (χ1v) is 4.00. The van der Waals surface area contributed by atoms with Gasteiger partial charge in [0.25, 0.3) is 0 Å². The summed E-state index contributed by atoms with van der Waals surface area (Å²) < 4.78 is 0. The van der Waals surface area contributed by atoms with Crippen molar-refractivity contribution in [3.8, 4) is 0 Å². The molecule has 1 aromatic rings. The Kier molecular flexibility index (Phi) is 2.84. The Bertz CT molecular complexity index is 292. The summed E-state index contributed by atoms with van der Waals surface area (Å²) in [5, 5.41) is 2.60. The van der Waals surface area contributed by atoms with Crippen molar-refractivity contribution < 1.29 is 4.79 Å². The minimum Gasteiger partial charge on any atom is -0.376 e. The van der Waals surface area contributed by atoms with Crippen LogP contribution in [0, 0.1) is 0 Å². The molecule has 4 heteroatoms. The minimum atomic E-state index is -0.106. The number of nitrogens with zero attached hydrogens (tertiary/aromatic N) is 2. The van der Waals surface area contributed by atoms with Crippen LogP contribution < -0.4 is 10.2 Å². The maximum absolute atomic E-state index is 10.7. The van der Waals surface area contributed by atoms with Crippen molar-refractivity contribution >= 4 is 17.4 Å². The summed E-state index contributed by atoms with van der Waals surface area (Å²) in [7, 11) is 3.88. The molecule has 0 saturated heterocycles. The van der Waals surface area contributed by atoms with E-state index in [9.17, 15) is 4.79 Å². The third-order valence-corrected chi connectivity index (χ3v) is 1.57. The van der Waals surface area contributed by atoms with Gasteiger partial charge in [0, 0.05) is 21.0 Å². The fraction of sp³-hybridized carbons (Fsp3) is 0.333. The molecule has 13 heavy (non-hydrogen) atoms. The lowest BCUT2D eigenvalue weighted by molar-refractivity contribution is -0.114. The zero-order chi connectivity index (χ0) is 9.84. The predicted molar refractivity (Wildman–Crippen MR) is 52.9 cm³/mol. The number of aromatic nitrogens is 1. The van der Waals surface area contributed by atoms with E-state index in [1.165, 1.54) is 6.92 Å². The lowest BCUT2D eigenvalue weighted by Crippen LogP contribution is -2.10. The maximum Gasteiger partial charge on any atom is 0.222 e. The van der Waals surface area contributed by atoms with E-state index in [0.29, 0.717) is 5.82 Å². The fourth-order valence-electron chi connectivity index (χ4n) is 0.905. The number of nitrogens with one attached hydrogen (secondary N) is 1. The number of anilines is 2. The number of rotatable bonds is 2. The van der Waals surface area contributed by atoms with Gasteiger partial charge in [-0.2, -0.15) is 0 Å². The zero-order valence-electron chi connectivity index (χ0n) is 8.03. The highest BCUT2D eigenvalue weighted by Gasteiger charge is 1.98. The largest absolute Gasteiger partial charge is 0.376 e. The monoisotopic (exact) mass is 179 g/mol. The van der Waals surface area contributed by atoms with Crippen LogP contribution in [-0.4, -0.2) is 25.0 Å². The van der Waals surface area contributed by atoms with Crippen molar-refractivity contribution in [1.29, 1.82) is 0 Å². The van der Waals surface area contributed by atoms with E-state index in [0.717, 1.165) is 5.69 Å². The molecule has 0 radical (unpaired) electrons. The second-order valence-electron chi connectivity index (χ2n) is 2.98. The zero-order valence-corrected chi connectivity index (χ0v) is 8.03. The van der Waals surface area contributed by atoms with Crippen LogP contribution in [0.4, 0.5) is 11.5 Å². The van der Waals surface area contributed by atoms with Crippen molar-refractivity contribution in [2.45, 2.75) is 6.92 Å². The maximum atomic E-state index is 10.7. The van der Waals surface area contributed by atoms with Gasteiger partial charge in [-0.05, 0) is 12.1 Å². The third-order valence-electron chi connectivity index (χ3n) is 1.57. The van der Waals surface area contributed by atoms with Gasteiger partial charge in [-0.1, -0.05) is 0 Å². The van der Waals surface area contributed by atoms with E-state index in [4.69, 9.17) is 0 Å². The molecule has 1 rings (SSSR count). The molecule has 4 nitrogen and oxygen atoms in total. The van der Waals surface area contributed by atoms with Gasteiger partial charge in [0.1, 0.15) is 5.82 Å². The van der Waals surface area contributed by atoms with Crippen LogP contribution in [0.3, 0.4) is 0 Å². The van der Waals surface area contributed by atoms with Crippen LogP contribution in [0.15, 0.2) is 18.3 Å². The highest BCUT2D eigenvalue weighted by Crippen LogP contribution is 2.11. The molecule has 0 unspecified atom stereocenters. The molecule has 0 bridgehead atoms. The Hall–Kier alpha value is -1.58. The number of hydrogen-bond acceptors (Lipinski definition) is 3. The van der Waals surface area contributed by atoms with Crippen LogP contribution >= 0.6 is 0 Å². The van der Waals surface area contributed by atoms with E-state index in [1.54, 1.807) is 12.3 Å². The van der Waals surface area contributed by atoms with Gasteiger partial charge in [-0.15, -0.1) is 0 Å². The predicted octanol–water partition coefficient (Wildman–Crippen LogP) is 1.11. The van der Waals surface area contributed by atoms with Crippen LogP contribution in [0.25, 0.3) is 0 Å². The average molecular weight is 179 g/mol. The van der Waals surface area contributed by atoms with E-state index in [-0.39, 0.29) is 5.91 Å². The van der Waals surface area contributed by atoms with Gasteiger partial charge in [0.15, 0.2) is 0 Å². The average Bonchev–Trinajstić information content (AvgIpc) is 2.04. The lowest BCUT2D eigenvalue weighted by atomic mass is 10.4. The summed E-state index contributed by atoms with van der Waals surface area (Å²) >= 11 is 0. The van der Waals surface area contributed by atoms with E-state index < -0.39 is 0 Å². The van der Waals surface area contributed by atoms with Gasteiger partial charge < -0.3 is 10.2 Å². The highest BCUT2D eigenvalue weighted by atomic mass is 16.1. The molecular formula is C9H13N3O. The Morgan fingerprint density at radius 3 is 2.54 bits per heavy atom. The van der Waals surface area contributed by atoms with Crippen molar-refractivity contribution in [1.82, 2.24) is 4.98 Å². The second kappa shape index (κ2) is 3.89. The number of pyridine rings is 1. The molecule has 0 spiro atoms. The summed E-state index contributed by atoms with van der Waals surface area (Å²) in [5.74, 6) is 0.475. The van der Waals surface area contributed by atoms with Gasteiger partial charge in [0.05, 0.1) is 11.9 Å². The first kappa shape index (κ1) is 9.51. The van der Waals surface area contributed by atoms with E-state index in [1.807, 2.05) is 25.1 Å². The van der Waals surface area contributed by atoms with Crippen molar-refractivity contribution in [2.75, 3.05) is 24.3 Å². The van der Waals surface area contributed by atoms with Crippen LogP contribution in [-0.2, 0) is 4.79 Å². The molecular weight excluding hydrogens is 166 g/mol. The Labute approximate surface area is 77.6 Å². The molecule has 0 aliphatic rings. The second-order valence-corrected chi connectivity index (χ2v) is 2.98. The first-order valence-electron chi connectivity index (χ1n) is 4.00. The SMILES string of the molecule is CC(=O)Nc1ccc(N(C)C)cn1. The minimum absolute atomic E-state index is 0.106. The molecule has 1 aromatic heterocycles. The van der Waals surface area contributed by atoms with Crippen LogP contribution in [0.5, 0.6) is 0 Å². The number of amides is 1. The normalized spacial score (nSPS) is 9.46. The van der Waals surface area contributed by atoms with Crippen molar-refractivity contribution in [2.24, 2.45) is 0 Å². The topological polar surface area (TPSA) is 45.2 Å². The molecule has 1 amide bonds. The number of carbonyl (C=O) groups is 1.